The first kappa shape index (κ1) is 14.1. The zero-order valence-corrected chi connectivity index (χ0v) is 12.0. The summed E-state index contributed by atoms with van der Waals surface area (Å²) in [5.74, 6) is 0. The molecule has 1 heterocycles. The highest BCUT2D eigenvalue weighted by Crippen LogP contribution is 2.22. The Balaban J connectivity index is 1.95. The summed E-state index contributed by atoms with van der Waals surface area (Å²) in [5, 5.41) is 13.1. The average molecular weight is 279 g/mol. The molecule has 0 aliphatic carbocycles. The molecule has 0 saturated carbocycles. The molecular weight excluding hydrogens is 260 g/mol. The Kier molecular flexibility index (Phi) is 5.03. The topological polar surface area (TPSA) is 42.3 Å². The number of anilines is 1. The van der Waals surface area contributed by atoms with E-state index in [9.17, 15) is 0 Å². The van der Waals surface area contributed by atoms with Gasteiger partial charge in [0.05, 0.1) is 11.3 Å². The molecular formula is C14H19ClN4. The van der Waals surface area contributed by atoms with Crippen LogP contribution in [0.1, 0.15) is 5.56 Å². The molecule has 5 heteroatoms. The fraction of sp³-hybridized carbons (Fsp3) is 0.500. The Hall–Kier alpha value is -1.28. The Morgan fingerprint density at radius 2 is 2.16 bits per heavy atom. The van der Waals surface area contributed by atoms with Crippen LogP contribution in [0.5, 0.6) is 0 Å². The van der Waals surface area contributed by atoms with Gasteiger partial charge in [-0.1, -0.05) is 11.6 Å². The second kappa shape index (κ2) is 6.76. The first-order chi connectivity index (χ1) is 9.20. The summed E-state index contributed by atoms with van der Waals surface area (Å²) in [6.07, 6.45) is 0. The Morgan fingerprint density at radius 3 is 2.84 bits per heavy atom. The third-order valence-corrected chi connectivity index (χ3v) is 3.69. The van der Waals surface area contributed by atoms with E-state index in [0.29, 0.717) is 10.6 Å². The quantitative estimate of drug-likeness (QED) is 0.908. The second-order valence-electron chi connectivity index (χ2n) is 4.79. The van der Waals surface area contributed by atoms with E-state index in [4.69, 9.17) is 16.9 Å². The van der Waals surface area contributed by atoms with Crippen molar-refractivity contribution in [1.82, 2.24) is 10.2 Å². The lowest BCUT2D eigenvalue weighted by molar-refractivity contribution is 0.246. The minimum atomic E-state index is 0.607. The zero-order chi connectivity index (χ0) is 13.7. The molecule has 4 nitrogen and oxygen atoms in total. The number of rotatable bonds is 4. The van der Waals surface area contributed by atoms with E-state index in [0.717, 1.165) is 45.0 Å². The molecule has 0 spiro atoms. The zero-order valence-electron chi connectivity index (χ0n) is 11.2. The SMILES string of the molecule is CN(CCN1CCNCC1)c1ccc(Cl)cc1C#N. The molecule has 0 bridgehead atoms. The van der Waals surface area contributed by atoms with E-state index in [2.05, 4.69) is 21.2 Å². The van der Waals surface area contributed by atoms with Gasteiger partial charge in [-0.15, -0.1) is 0 Å². The van der Waals surface area contributed by atoms with Crippen LogP contribution in [-0.4, -0.2) is 51.2 Å². The summed E-state index contributed by atoms with van der Waals surface area (Å²) < 4.78 is 0. The van der Waals surface area contributed by atoms with E-state index in [-0.39, 0.29) is 0 Å². The third-order valence-electron chi connectivity index (χ3n) is 3.45. The van der Waals surface area contributed by atoms with Crippen molar-refractivity contribution in [3.05, 3.63) is 28.8 Å². The van der Waals surface area contributed by atoms with Gasteiger partial charge in [-0.25, -0.2) is 0 Å². The van der Waals surface area contributed by atoms with Gasteiger partial charge in [-0.2, -0.15) is 5.26 Å². The monoisotopic (exact) mass is 278 g/mol. The lowest BCUT2D eigenvalue weighted by Gasteiger charge is -2.30. The molecule has 1 fully saturated rings. The van der Waals surface area contributed by atoms with Gasteiger partial charge in [0, 0.05) is 51.3 Å². The van der Waals surface area contributed by atoms with Crippen molar-refractivity contribution < 1.29 is 0 Å². The van der Waals surface area contributed by atoms with Gasteiger partial charge in [-0.3, -0.25) is 4.90 Å². The minimum absolute atomic E-state index is 0.607. The Bertz CT molecular complexity index is 463. The summed E-state index contributed by atoms with van der Waals surface area (Å²) in [6, 6.07) is 7.67. The molecule has 1 aromatic rings. The minimum Gasteiger partial charge on any atom is -0.372 e. The normalized spacial score (nSPS) is 16.1. The van der Waals surface area contributed by atoms with Crippen LogP contribution in [0.3, 0.4) is 0 Å². The number of hydrogen-bond acceptors (Lipinski definition) is 4. The highest BCUT2D eigenvalue weighted by Gasteiger charge is 2.12. The smallest absolute Gasteiger partial charge is 0.101 e. The summed E-state index contributed by atoms with van der Waals surface area (Å²) in [7, 11) is 2.02. The van der Waals surface area contributed by atoms with Gasteiger partial charge >= 0.3 is 0 Å². The molecule has 1 N–H and O–H groups in total. The maximum Gasteiger partial charge on any atom is 0.101 e. The van der Waals surface area contributed by atoms with Crippen LogP contribution in [0, 0.1) is 11.3 Å². The Labute approximate surface area is 119 Å². The number of nitrogens with zero attached hydrogens (tertiary/aromatic N) is 3. The number of nitrogens with one attached hydrogen (secondary N) is 1. The summed E-state index contributed by atoms with van der Waals surface area (Å²) >= 11 is 5.91. The highest BCUT2D eigenvalue weighted by atomic mass is 35.5. The van der Waals surface area contributed by atoms with Crippen LogP contribution in [0.25, 0.3) is 0 Å². The van der Waals surface area contributed by atoms with Crippen LogP contribution in [0.2, 0.25) is 5.02 Å². The van der Waals surface area contributed by atoms with Crippen molar-refractivity contribution in [3.8, 4) is 6.07 Å². The van der Waals surface area contributed by atoms with Gasteiger partial charge in [0.2, 0.25) is 0 Å². The molecule has 1 saturated heterocycles. The number of piperazine rings is 1. The summed E-state index contributed by atoms with van der Waals surface area (Å²) in [5.41, 5.74) is 1.58. The molecule has 0 radical (unpaired) electrons. The van der Waals surface area contributed by atoms with Crippen molar-refractivity contribution in [2.45, 2.75) is 0 Å². The molecule has 0 amide bonds. The van der Waals surface area contributed by atoms with E-state index in [1.165, 1.54) is 0 Å². The number of likely N-dealkylation sites (N-methyl/N-ethyl adjacent to an activating group) is 1. The third kappa shape index (κ3) is 3.84. The molecule has 0 unspecified atom stereocenters. The summed E-state index contributed by atoms with van der Waals surface area (Å²) in [6.45, 7) is 6.25. The first-order valence-electron chi connectivity index (χ1n) is 6.54. The van der Waals surface area contributed by atoms with Crippen LogP contribution in [0.15, 0.2) is 18.2 Å². The second-order valence-corrected chi connectivity index (χ2v) is 5.22. The summed E-state index contributed by atoms with van der Waals surface area (Å²) in [4.78, 5) is 4.56. The fourth-order valence-electron chi connectivity index (χ4n) is 2.28. The van der Waals surface area contributed by atoms with E-state index in [1.54, 1.807) is 6.07 Å². The number of benzene rings is 1. The largest absolute Gasteiger partial charge is 0.372 e. The van der Waals surface area contributed by atoms with Gasteiger partial charge in [0.1, 0.15) is 6.07 Å². The van der Waals surface area contributed by atoms with E-state index >= 15 is 0 Å². The van der Waals surface area contributed by atoms with Crippen LogP contribution in [-0.2, 0) is 0 Å². The van der Waals surface area contributed by atoms with Gasteiger partial charge < -0.3 is 10.2 Å². The molecule has 1 aliphatic heterocycles. The predicted octanol–water partition coefficient (Wildman–Crippen LogP) is 1.55. The van der Waals surface area contributed by atoms with E-state index in [1.807, 2.05) is 19.2 Å². The van der Waals surface area contributed by atoms with Gasteiger partial charge in [0.25, 0.3) is 0 Å². The molecule has 19 heavy (non-hydrogen) atoms. The fourth-order valence-corrected chi connectivity index (χ4v) is 2.45. The van der Waals surface area contributed by atoms with Crippen LogP contribution < -0.4 is 10.2 Å². The molecule has 102 valence electrons. The predicted molar refractivity (Wildman–Crippen MR) is 78.7 cm³/mol. The van der Waals surface area contributed by atoms with Gasteiger partial charge in [-0.05, 0) is 18.2 Å². The molecule has 2 rings (SSSR count). The molecule has 1 aromatic carbocycles. The first-order valence-corrected chi connectivity index (χ1v) is 6.92. The lowest BCUT2D eigenvalue weighted by Crippen LogP contribution is -2.46. The maximum atomic E-state index is 9.15. The van der Waals surface area contributed by atoms with Crippen molar-refractivity contribution >= 4 is 17.3 Å². The van der Waals surface area contributed by atoms with Crippen molar-refractivity contribution in [1.29, 1.82) is 5.26 Å². The molecule has 0 atom stereocenters. The van der Waals surface area contributed by atoms with Gasteiger partial charge in [0.15, 0.2) is 0 Å². The standard InChI is InChI=1S/C14H19ClN4/c1-18(8-9-19-6-4-17-5-7-19)14-3-2-13(15)10-12(14)11-16/h2-3,10,17H,4-9H2,1H3. The van der Waals surface area contributed by atoms with Crippen molar-refractivity contribution in [2.75, 3.05) is 51.2 Å². The number of halogens is 1. The van der Waals surface area contributed by atoms with E-state index < -0.39 is 0 Å². The molecule has 0 aromatic heterocycles. The lowest BCUT2D eigenvalue weighted by atomic mass is 10.2. The van der Waals surface area contributed by atoms with Crippen molar-refractivity contribution in [3.63, 3.8) is 0 Å². The highest BCUT2D eigenvalue weighted by molar-refractivity contribution is 6.30. The number of nitriles is 1. The maximum absolute atomic E-state index is 9.15. The average Bonchev–Trinajstić information content (AvgIpc) is 2.45. The van der Waals surface area contributed by atoms with Crippen LogP contribution in [0.4, 0.5) is 5.69 Å². The van der Waals surface area contributed by atoms with Crippen LogP contribution >= 0.6 is 11.6 Å². The van der Waals surface area contributed by atoms with Crippen molar-refractivity contribution in [2.24, 2.45) is 0 Å². The molecule has 1 aliphatic rings. The Morgan fingerprint density at radius 1 is 1.42 bits per heavy atom. The number of hydrogen-bond donors (Lipinski definition) is 1.